The van der Waals surface area contributed by atoms with Gasteiger partial charge >= 0.3 is 0 Å². The molecule has 2 N–H and O–H groups in total. The lowest BCUT2D eigenvalue weighted by Crippen LogP contribution is -2.44. The van der Waals surface area contributed by atoms with E-state index in [0.717, 1.165) is 24.0 Å². The maximum atomic E-state index is 5.90. The Hall–Kier alpha value is -1.22. The first-order valence-electron chi connectivity index (χ1n) is 7.65. The van der Waals surface area contributed by atoms with Crippen LogP contribution in [0.1, 0.15) is 13.8 Å². The van der Waals surface area contributed by atoms with Crippen LogP contribution < -0.4 is 20.1 Å². The van der Waals surface area contributed by atoms with Gasteiger partial charge in [0, 0.05) is 19.7 Å². The van der Waals surface area contributed by atoms with E-state index in [9.17, 15) is 0 Å². The molecule has 0 saturated carbocycles. The van der Waals surface area contributed by atoms with Crippen LogP contribution in [0.5, 0.6) is 11.5 Å². The summed E-state index contributed by atoms with van der Waals surface area (Å²) < 4.78 is 16.7. The third-order valence-corrected chi connectivity index (χ3v) is 3.16. The first-order valence-corrected chi connectivity index (χ1v) is 7.65. The van der Waals surface area contributed by atoms with Gasteiger partial charge in [0.1, 0.15) is 6.61 Å². The molecule has 2 unspecified atom stereocenters. The van der Waals surface area contributed by atoms with Gasteiger partial charge in [0.25, 0.3) is 0 Å². The monoisotopic (exact) mass is 435 g/mol. The molecule has 2 rings (SSSR count). The van der Waals surface area contributed by atoms with Crippen molar-refractivity contribution in [1.82, 2.24) is 10.6 Å². The van der Waals surface area contributed by atoms with Crippen LogP contribution in [0, 0.1) is 0 Å². The molecule has 0 radical (unpaired) electrons. The molecule has 23 heavy (non-hydrogen) atoms. The highest BCUT2D eigenvalue weighted by Crippen LogP contribution is 2.30. The van der Waals surface area contributed by atoms with E-state index in [1.165, 1.54) is 0 Å². The van der Waals surface area contributed by atoms with E-state index >= 15 is 0 Å². The summed E-state index contributed by atoms with van der Waals surface area (Å²) in [7, 11) is 1.69. The number of nitrogens with zero attached hydrogens (tertiary/aromatic N) is 1. The maximum Gasteiger partial charge on any atom is 0.191 e. The zero-order chi connectivity index (χ0) is 15.8. The smallest absolute Gasteiger partial charge is 0.191 e. The molecular weight excluding hydrogens is 409 g/mol. The van der Waals surface area contributed by atoms with E-state index in [-0.39, 0.29) is 36.1 Å². The highest BCUT2D eigenvalue weighted by molar-refractivity contribution is 14.0. The van der Waals surface area contributed by atoms with Crippen LogP contribution in [-0.2, 0) is 4.74 Å². The minimum Gasteiger partial charge on any atom is -0.486 e. The van der Waals surface area contributed by atoms with Crippen molar-refractivity contribution in [2.45, 2.75) is 26.0 Å². The zero-order valence-electron chi connectivity index (χ0n) is 13.9. The molecule has 0 aliphatic carbocycles. The van der Waals surface area contributed by atoms with Gasteiger partial charge in [-0.1, -0.05) is 12.1 Å². The van der Waals surface area contributed by atoms with Crippen LogP contribution in [0.3, 0.4) is 0 Å². The minimum atomic E-state index is -0.0805. The maximum absolute atomic E-state index is 5.90. The molecule has 0 bridgehead atoms. The number of fused-ring (bicyclic) bond motifs is 1. The van der Waals surface area contributed by atoms with Crippen molar-refractivity contribution in [3.63, 3.8) is 0 Å². The van der Waals surface area contributed by atoms with Gasteiger partial charge in [-0.3, -0.25) is 0 Å². The number of para-hydroxylation sites is 2. The normalized spacial score (nSPS) is 17.9. The predicted molar refractivity (Wildman–Crippen MR) is 102 cm³/mol. The summed E-state index contributed by atoms with van der Waals surface area (Å²) in [5.74, 6) is 2.33. The number of aliphatic imine (C=N–C) groups is 1. The number of ether oxygens (including phenoxy) is 3. The Balaban J connectivity index is 0.00000264. The summed E-state index contributed by atoms with van der Waals surface area (Å²) in [5, 5.41) is 6.51. The average molecular weight is 435 g/mol. The molecule has 0 aromatic heterocycles. The van der Waals surface area contributed by atoms with Crippen LogP contribution in [0.4, 0.5) is 0 Å². The van der Waals surface area contributed by atoms with Crippen molar-refractivity contribution < 1.29 is 14.2 Å². The largest absolute Gasteiger partial charge is 0.486 e. The number of halogens is 1. The molecule has 1 heterocycles. The number of guanidine groups is 1. The molecule has 130 valence electrons. The third-order valence-electron chi connectivity index (χ3n) is 3.16. The van der Waals surface area contributed by atoms with Crippen LogP contribution in [0.2, 0.25) is 0 Å². The van der Waals surface area contributed by atoms with Crippen molar-refractivity contribution in [3.05, 3.63) is 24.3 Å². The van der Waals surface area contributed by atoms with Gasteiger partial charge in [-0.05, 0) is 26.0 Å². The molecule has 0 amide bonds. The summed E-state index contributed by atoms with van der Waals surface area (Å²) in [6, 6.07) is 7.88. The predicted octanol–water partition coefficient (Wildman–Crippen LogP) is 2.03. The second kappa shape index (κ2) is 10.5. The lowest BCUT2D eigenvalue weighted by atomic mass is 10.2. The zero-order valence-corrected chi connectivity index (χ0v) is 16.2. The minimum absolute atomic E-state index is 0. The molecule has 1 aliphatic rings. The van der Waals surface area contributed by atoms with Crippen LogP contribution in [0.15, 0.2) is 29.3 Å². The van der Waals surface area contributed by atoms with Gasteiger partial charge in [0.05, 0.1) is 13.2 Å². The Kier molecular flexibility index (Phi) is 9.08. The van der Waals surface area contributed by atoms with Gasteiger partial charge in [-0.25, -0.2) is 4.99 Å². The first-order chi connectivity index (χ1) is 10.7. The number of benzene rings is 1. The standard InChI is InChI=1S/C16H25N3O3.HI/c1-4-17-16(19-12(2)10-20-3)18-9-13-11-21-14-7-5-6-8-15(14)22-13;/h5-8,12-13H,4,9-11H2,1-3H3,(H2,17,18,19);1H. The van der Waals surface area contributed by atoms with Gasteiger partial charge in [-0.2, -0.15) is 0 Å². The van der Waals surface area contributed by atoms with E-state index < -0.39 is 0 Å². The lowest BCUT2D eigenvalue weighted by Gasteiger charge is -2.25. The molecule has 1 aromatic carbocycles. The third kappa shape index (κ3) is 6.42. The van der Waals surface area contributed by atoms with Crippen molar-refractivity contribution in [1.29, 1.82) is 0 Å². The Bertz CT molecular complexity index is 499. The van der Waals surface area contributed by atoms with E-state index in [1.807, 2.05) is 38.1 Å². The number of rotatable bonds is 6. The fraction of sp³-hybridized carbons (Fsp3) is 0.562. The fourth-order valence-electron chi connectivity index (χ4n) is 2.19. The van der Waals surface area contributed by atoms with Crippen LogP contribution in [-0.4, -0.2) is 51.5 Å². The molecular formula is C16H26IN3O3. The van der Waals surface area contributed by atoms with Crippen LogP contribution in [0.25, 0.3) is 0 Å². The van der Waals surface area contributed by atoms with Gasteiger partial charge in [0.15, 0.2) is 23.6 Å². The van der Waals surface area contributed by atoms with Gasteiger partial charge < -0.3 is 24.8 Å². The van der Waals surface area contributed by atoms with E-state index in [2.05, 4.69) is 15.6 Å². The topological polar surface area (TPSA) is 64.1 Å². The van der Waals surface area contributed by atoms with Crippen molar-refractivity contribution in [2.24, 2.45) is 4.99 Å². The van der Waals surface area contributed by atoms with Gasteiger partial charge in [-0.15, -0.1) is 24.0 Å². The Morgan fingerprint density at radius 2 is 2.13 bits per heavy atom. The van der Waals surface area contributed by atoms with Gasteiger partial charge in [0.2, 0.25) is 0 Å². The second-order valence-electron chi connectivity index (χ2n) is 5.22. The Morgan fingerprint density at radius 3 is 2.83 bits per heavy atom. The molecule has 1 aromatic rings. The van der Waals surface area contributed by atoms with E-state index in [0.29, 0.717) is 19.8 Å². The molecule has 0 spiro atoms. The summed E-state index contributed by atoms with van der Waals surface area (Å²) >= 11 is 0. The number of hydrogen-bond donors (Lipinski definition) is 2. The SMILES string of the molecule is CCNC(=NCC1COc2ccccc2O1)NC(C)COC.I. The highest BCUT2D eigenvalue weighted by Gasteiger charge is 2.20. The summed E-state index contributed by atoms with van der Waals surface area (Å²) in [6.07, 6.45) is -0.0805. The average Bonchev–Trinajstić information content (AvgIpc) is 2.53. The van der Waals surface area contributed by atoms with E-state index in [4.69, 9.17) is 14.2 Å². The number of hydrogen-bond acceptors (Lipinski definition) is 4. The molecule has 0 fully saturated rings. The molecule has 1 aliphatic heterocycles. The Morgan fingerprint density at radius 1 is 1.39 bits per heavy atom. The van der Waals surface area contributed by atoms with Crippen LogP contribution >= 0.6 is 24.0 Å². The van der Waals surface area contributed by atoms with E-state index in [1.54, 1.807) is 7.11 Å². The second-order valence-corrected chi connectivity index (χ2v) is 5.22. The highest BCUT2D eigenvalue weighted by atomic mass is 127. The summed E-state index contributed by atoms with van der Waals surface area (Å²) in [4.78, 5) is 4.57. The summed E-state index contributed by atoms with van der Waals surface area (Å²) in [6.45, 7) is 6.55. The fourth-order valence-corrected chi connectivity index (χ4v) is 2.19. The number of methoxy groups -OCH3 is 1. The van der Waals surface area contributed by atoms with Crippen molar-refractivity contribution in [3.8, 4) is 11.5 Å². The molecule has 6 nitrogen and oxygen atoms in total. The molecule has 0 saturated heterocycles. The molecule has 2 atom stereocenters. The van der Waals surface area contributed by atoms with Crippen molar-refractivity contribution in [2.75, 3.05) is 33.4 Å². The van der Waals surface area contributed by atoms with Crippen molar-refractivity contribution >= 4 is 29.9 Å². The quantitative estimate of drug-likeness (QED) is 0.407. The summed E-state index contributed by atoms with van der Waals surface area (Å²) in [5.41, 5.74) is 0. The molecule has 7 heteroatoms. The lowest BCUT2D eigenvalue weighted by molar-refractivity contribution is 0.0971. The first kappa shape index (κ1) is 19.8. The Labute approximate surface area is 155 Å². The number of nitrogens with one attached hydrogen (secondary N) is 2.